The quantitative estimate of drug-likeness (QED) is 0.778. The van der Waals surface area contributed by atoms with E-state index in [1.54, 1.807) is 18.4 Å². The molecule has 0 aliphatic rings. The van der Waals surface area contributed by atoms with Crippen molar-refractivity contribution in [1.29, 1.82) is 0 Å². The van der Waals surface area contributed by atoms with Crippen LogP contribution in [0.15, 0.2) is 11.4 Å². The highest BCUT2D eigenvalue weighted by molar-refractivity contribution is 7.12. The molecule has 0 aliphatic carbocycles. The van der Waals surface area contributed by atoms with Crippen molar-refractivity contribution < 1.29 is 19.5 Å². The van der Waals surface area contributed by atoms with Gasteiger partial charge in [0.2, 0.25) is 5.91 Å². The molecule has 1 aromatic rings. The van der Waals surface area contributed by atoms with E-state index < -0.39 is 30.9 Å². The monoisotopic (exact) mass is 256 g/mol. The number of primary amides is 1. The second kappa shape index (κ2) is 5.44. The number of aliphatic carboxylic acids is 1. The minimum atomic E-state index is -1.19. The van der Waals surface area contributed by atoms with Crippen LogP contribution in [-0.2, 0) is 9.59 Å². The predicted octanol–water partition coefficient (Wildman–Crippen LogP) is 0.0686. The number of rotatable bonds is 5. The molecule has 0 unspecified atom stereocenters. The van der Waals surface area contributed by atoms with Crippen LogP contribution >= 0.6 is 11.3 Å². The molecule has 0 saturated carbocycles. The van der Waals surface area contributed by atoms with E-state index in [2.05, 4.69) is 0 Å². The number of hydrogen-bond acceptors (Lipinski definition) is 4. The summed E-state index contributed by atoms with van der Waals surface area (Å²) in [5, 5.41) is 10.4. The van der Waals surface area contributed by atoms with Crippen LogP contribution in [0.5, 0.6) is 0 Å². The Morgan fingerprint density at radius 3 is 2.47 bits per heavy atom. The fraction of sp³-hybridized carbons (Fsp3) is 0.300. The number of carboxylic acids is 1. The lowest BCUT2D eigenvalue weighted by atomic mass is 10.2. The van der Waals surface area contributed by atoms with E-state index in [4.69, 9.17) is 10.8 Å². The summed E-state index contributed by atoms with van der Waals surface area (Å²) in [7, 11) is 0. The number of amides is 2. The smallest absolute Gasteiger partial charge is 0.323 e. The molecule has 0 atom stereocenters. The average Bonchev–Trinajstić information content (AvgIpc) is 2.61. The Bertz CT molecular complexity index is 439. The van der Waals surface area contributed by atoms with Gasteiger partial charge in [0, 0.05) is 0 Å². The van der Waals surface area contributed by atoms with E-state index in [1.165, 1.54) is 11.3 Å². The Balaban J connectivity index is 2.90. The zero-order valence-electron chi connectivity index (χ0n) is 9.17. The topological polar surface area (TPSA) is 101 Å². The van der Waals surface area contributed by atoms with Gasteiger partial charge in [0.15, 0.2) is 0 Å². The molecule has 0 bridgehead atoms. The molecule has 0 radical (unpaired) electrons. The van der Waals surface area contributed by atoms with Crippen molar-refractivity contribution in [3.05, 3.63) is 21.9 Å². The minimum absolute atomic E-state index is 0.400. The third-order valence-electron chi connectivity index (χ3n) is 2.02. The molecule has 1 rings (SSSR count). The fourth-order valence-electron chi connectivity index (χ4n) is 1.29. The van der Waals surface area contributed by atoms with Gasteiger partial charge < -0.3 is 15.7 Å². The highest BCUT2D eigenvalue weighted by Gasteiger charge is 2.22. The van der Waals surface area contributed by atoms with Gasteiger partial charge in [-0.05, 0) is 23.9 Å². The third kappa shape index (κ3) is 3.56. The van der Waals surface area contributed by atoms with Gasteiger partial charge >= 0.3 is 5.97 Å². The molecule has 1 heterocycles. The van der Waals surface area contributed by atoms with Crippen molar-refractivity contribution in [3.8, 4) is 0 Å². The first-order valence-electron chi connectivity index (χ1n) is 4.75. The molecule has 0 aliphatic heterocycles. The molecule has 0 fully saturated rings. The van der Waals surface area contributed by atoms with Crippen molar-refractivity contribution in [2.45, 2.75) is 6.92 Å². The van der Waals surface area contributed by atoms with Crippen molar-refractivity contribution in [2.24, 2.45) is 5.73 Å². The van der Waals surface area contributed by atoms with Crippen LogP contribution in [0.1, 0.15) is 15.2 Å². The van der Waals surface area contributed by atoms with E-state index in [1.807, 2.05) is 0 Å². The maximum absolute atomic E-state index is 12.0. The summed E-state index contributed by atoms with van der Waals surface area (Å²) in [5.41, 5.74) is 5.73. The Morgan fingerprint density at radius 2 is 2.06 bits per heavy atom. The molecule has 2 amide bonds. The van der Waals surface area contributed by atoms with Gasteiger partial charge in [-0.2, -0.15) is 0 Å². The van der Waals surface area contributed by atoms with Gasteiger partial charge in [0.1, 0.15) is 13.1 Å². The Hall–Kier alpha value is -1.89. The van der Waals surface area contributed by atoms with Crippen LogP contribution in [0.25, 0.3) is 0 Å². The lowest BCUT2D eigenvalue weighted by Gasteiger charge is -2.18. The Morgan fingerprint density at radius 1 is 1.41 bits per heavy atom. The van der Waals surface area contributed by atoms with Crippen LogP contribution in [0.2, 0.25) is 0 Å². The molecular formula is C10H12N2O4S. The van der Waals surface area contributed by atoms with Gasteiger partial charge in [-0.3, -0.25) is 14.4 Å². The van der Waals surface area contributed by atoms with Gasteiger partial charge in [-0.25, -0.2) is 0 Å². The minimum Gasteiger partial charge on any atom is -0.480 e. The number of aryl methyl sites for hydroxylation is 1. The number of carboxylic acid groups (broad SMARTS) is 1. The van der Waals surface area contributed by atoms with Crippen LogP contribution < -0.4 is 5.73 Å². The Kier molecular flexibility index (Phi) is 4.22. The van der Waals surface area contributed by atoms with Crippen LogP contribution in [0.4, 0.5) is 0 Å². The standard InChI is InChI=1S/C10H12N2O4S/c1-6-2-3-17-9(6)10(16)12(4-7(11)13)5-8(14)15/h2-3H,4-5H2,1H3,(H2,11,13)(H,14,15). The maximum atomic E-state index is 12.0. The van der Waals surface area contributed by atoms with Crippen LogP contribution in [0.3, 0.4) is 0 Å². The summed E-state index contributed by atoms with van der Waals surface area (Å²) in [6, 6.07) is 1.75. The first-order chi connectivity index (χ1) is 7.91. The normalized spacial score (nSPS) is 9.94. The summed E-state index contributed by atoms with van der Waals surface area (Å²) in [6.07, 6.45) is 0. The number of carbonyl (C=O) groups is 3. The van der Waals surface area contributed by atoms with Crippen molar-refractivity contribution in [3.63, 3.8) is 0 Å². The third-order valence-corrected chi connectivity index (χ3v) is 3.02. The van der Waals surface area contributed by atoms with Crippen LogP contribution in [-0.4, -0.2) is 40.9 Å². The summed E-state index contributed by atoms with van der Waals surface area (Å²) in [5.74, 6) is -2.42. The van der Waals surface area contributed by atoms with E-state index in [0.717, 1.165) is 10.5 Å². The zero-order chi connectivity index (χ0) is 13.0. The lowest BCUT2D eigenvalue weighted by Crippen LogP contribution is -2.41. The molecule has 6 nitrogen and oxygen atoms in total. The summed E-state index contributed by atoms with van der Waals surface area (Å²) in [6.45, 7) is 0.800. The first-order valence-corrected chi connectivity index (χ1v) is 5.63. The number of nitrogens with zero attached hydrogens (tertiary/aromatic N) is 1. The molecule has 0 aromatic carbocycles. The van der Waals surface area contributed by atoms with Crippen molar-refractivity contribution >= 4 is 29.1 Å². The second-order valence-electron chi connectivity index (χ2n) is 3.45. The molecule has 0 spiro atoms. The SMILES string of the molecule is Cc1ccsc1C(=O)N(CC(N)=O)CC(=O)O. The molecule has 3 N–H and O–H groups in total. The van der Waals surface area contributed by atoms with E-state index in [9.17, 15) is 14.4 Å². The molecule has 0 saturated heterocycles. The molecule has 92 valence electrons. The zero-order valence-corrected chi connectivity index (χ0v) is 9.99. The predicted molar refractivity (Wildman–Crippen MR) is 61.8 cm³/mol. The largest absolute Gasteiger partial charge is 0.480 e. The lowest BCUT2D eigenvalue weighted by molar-refractivity contribution is -0.138. The molecule has 7 heteroatoms. The van der Waals surface area contributed by atoms with Gasteiger partial charge in [-0.1, -0.05) is 0 Å². The van der Waals surface area contributed by atoms with E-state index in [0.29, 0.717) is 4.88 Å². The molecular weight excluding hydrogens is 244 g/mol. The fourth-order valence-corrected chi connectivity index (χ4v) is 2.18. The van der Waals surface area contributed by atoms with Crippen molar-refractivity contribution in [2.75, 3.05) is 13.1 Å². The van der Waals surface area contributed by atoms with Crippen molar-refractivity contribution in [1.82, 2.24) is 4.90 Å². The van der Waals surface area contributed by atoms with Crippen LogP contribution in [0, 0.1) is 6.92 Å². The van der Waals surface area contributed by atoms with Gasteiger partial charge in [0.25, 0.3) is 5.91 Å². The van der Waals surface area contributed by atoms with E-state index in [-0.39, 0.29) is 0 Å². The Labute approximate surface area is 102 Å². The summed E-state index contributed by atoms with van der Waals surface area (Å²) < 4.78 is 0. The van der Waals surface area contributed by atoms with E-state index >= 15 is 0 Å². The number of hydrogen-bond donors (Lipinski definition) is 2. The molecule has 17 heavy (non-hydrogen) atoms. The van der Waals surface area contributed by atoms with Gasteiger partial charge in [-0.15, -0.1) is 11.3 Å². The summed E-state index contributed by atoms with van der Waals surface area (Å²) >= 11 is 1.20. The number of carbonyl (C=O) groups excluding carboxylic acids is 2. The second-order valence-corrected chi connectivity index (χ2v) is 4.37. The number of thiophene rings is 1. The van der Waals surface area contributed by atoms with Gasteiger partial charge in [0.05, 0.1) is 4.88 Å². The highest BCUT2D eigenvalue weighted by atomic mass is 32.1. The maximum Gasteiger partial charge on any atom is 0.323 e. The molecule has 1 aromatic heterocycles. The highest BCUT2D eigenvalue weighted by Crippen LogP contribution is 2.17. The number of nitrogens with two attached hydrogens (primary N) is 1. The summed E-state index contributed by atoms with van der Waals surface area (Å²) in [4.78, 5) is 34.7. The first kappa shape index (κ1) is 13.2. The average molecular weight is 256 g/mol.